The van der Waals surface area contributed by atoms with Crippen molar-refractivity contribution in [2.75, 3.05) is 19.8 Å². The molecule has 86 valence electrons. The summed E-state index contributed by atoms with van der Waals surface area (Å²) in [6.45, 7) is 2.92. The van der Waals surface area contributed by atoms with Crippen molar-refractivity contribution in [3.63, 3.8) is 0 Å². The van der Waals surface area contributed by atoms with Crippen molar-refractivity contribution in [2.24, 2.45) is 0 Å². The second-order valence-corrected chi connectivity index (χ2v) is 5.01. The summed E-state index contributed by atoms with van der Waals surface area (Å²) < 4.78 is 5.45. The lowest BCUT2D eigenvalue weighted by molar-refractivity contribution is -0.0679. The number of aromatic nitrogens is 1. The summed E-state index contributed by atoms with van der Waals surface area (Å²) in [5.41, 5.74) is 1.65. The van der Waals surface area contributed by atoms with E-state index in [-0.39, 0.29) is 5.41 Å². The maximum Gasteiger partial charge on any atom is 0.0586 e. The molecule has 1 unspecified atom stereocenters. The highest BCUT2D eigenvalue weighted by Crippen LogP contribution is 2.37. The first-order valence-corrected chi connectivity index (χ1v) is 6.11. The average molecular weight is 218 g/mol. The molecule has 3 heteroatoms. The van der Waals surface area contributed by atoms with Gasteiger partial charge in [0, 0.05) is 23.9 Å². The Balaban J connectivity index is 1.77. The standard InChI is InChI=1S/C13H18N2O/c1-2-12(15-5-1)8-13(9-16-10-13)11-3-6-14-7-4-11/h3-4,6-7,12,15H,1-2,5,8-10H2. The SMILES string of the molecule is c1cc(C2(CC3CCCN3)COC2)ccn1. The van der Waals surface area contributed by atoms with Gasteiger partial charge >= 0.3 is 0 Å². The molecular formula is C13H18N2O. The first kappa shape index (κ1) is 10.2. The van der Waals surface area contributed by atoms with Gasteiger partial charge in [0.1, 0.15) is 0 Å². The fraction of sp³-hybridized carbons (Fsp3) is 0.615. The third-order valence-electron chi connectivity index (χ3n) is 3.85. The van der Waals surface area contributed by atoms with E-state index in [9.17, 15) is 0 Å². The summed E-state index contributed by atoms with van der Waals surface area (Å²) in [7, 11) is 0. The van der Waals surface area contributed by atoms with E-state index in [1.54, 1.807) is 0 Å². The average Bonchev–Trinajstić information content (AvgIpc) is 2.77. The highest BCUT2D eigenvalue weighted by molar-refractivity contribution is 5.26. The normalized spacial score (nSPS) is 27.6. The molecule has 1 atom stereocenters. The molecule has 0 amide bonds. The molecular weight excluding hydrogens is 200 g/mol. The highest BCUT2D eigenvalue weighted by Gasteiger charge is 2.42. The lowest BCUT2D eigenvalue weighted by Crippen LogP contribution is -2.50. The van der Waals surface area contributed by atoms with Crippen LogP contribution >= 0.6 is 0 Å². The number of hydrogen-bond acceptors (Lipinski definition) is 3. The monoisotopic (exact) mass is 218 g/mol. The quantitative estimate of drug-likeness (QED) is 0.834. The maximum atomic E-state index is 5.45. The minimum absolute atomic E-state index is 0.255. The van der Waals surface area contributed by atoms with Gasteiger partial charge in [0.25, 0.3) is 0 Å². The summed E-state index contributed by atoms with van der Waals surface area (Å²) in [5.74, 6) is 0. The molecule has 1 N–H and O–H groups in total. The van der Waals surface area contributed by atoms with Crippen LogP contribution in [0.5, 0.6) is 0 Å². The molecule has 3 nitrogen and oxygen atoms in total. The van der Waals surface area contributed by atoms with Gasteiger partial charge in [-0.15, -0.1) is 0 Å². The van der Waals surface area contributed by atoms with Gasteiger partial charge < -0.3 is 10.1 Å². The van der Waals surface area contributed by atoms with Gasteiger partial charge in [0.15, 0.2) is 0 Å². The Morgan fingerprint density at radius 3 is 2.75 bits per heavy atom. The molecule has 2 aliphatic rings. The molecule has 0 aliphatic carbocycles. The van der Waals surface area contributed by atoms with Gasteiger partial charge in [0.2, 0.25) is 0 Å². The molecule has 1 aromatic heterocycles. The van der Waals surface area contributed by atoms with Crippen LogP contribution < -0.4 is 5.32 Å². The minimum Gasteiger partial charge on any atom is -0.379 e. The van der Waals surface area contributed by atoms with Gasteiger partial charge in [0.05, 0.1) is 13.2 Å². The number of nitrogens with one attached hydrogen (secondary N) is 1. The molecule has 2 fully saturated rings. The van der Waals surface area contributed by atoms with Crippen molar-refractivity contribution in [3.05, 3.63) is 30.1 Å². The second-order valence-electron chi connectivity index (χ2n) is 5.01. The number of rotatable bonds is 3. The smallest absolute Gasteiger partial charge is 0.0586 e. The predicted octanol–water partition coefficient (Wildman–Crippen LogP) is 1.49. The maximum absolute atomic E-state index is 5.45. The third kappa shape index (κ3) is 1.74. The van der Waals surface area contributed by atoms with Crippen LogP contribution in [0, 0.1) is 0 Å². The summed E-state index contributed by atoms with van der Waals surface area (Å²) >= 11 is 0. The summed E-state index contributed by atoms with van der Waals surface area (Å²) in [6.07, 6.45) is 7.61. The molecule has 16 heavy (non-hydrogen) atoms. The lowest BCUT2D eigenvalue weighted by atomic mass is 9.74. The van der Waals surface area contributed by atoms with E-state index in [0.717, 1.165) is 13.2 Å². The van der Waals surface area contributed by atoms with E-state index in [1.165, 1.54) is 31.4 Å². The summed E-state index contributed by atoms with van der Waals surface area (Å²) in [5, 5.41) is 3.58. The zero-order valence-corrected chi connectivity index (χ0v) is 9.48. The van der Waals surface area contributed by atoms with Crippen LogP contribution in [0.15, 0.2) is 24.5 Å². The van der Waals surface area contributed by atoms with E-state index >= 15 is 0 Å². The fourth-order valence-electron chi connectivity index (χ4n) is 2.86. The van der Waals surface area contributed by atoms with Crippen molar-refractivity contribution < 1.29 is 4.74 Å². The van der Waals surface area contributed by atoms with Crippen LogP contribution in [0.1, 0.15) is 24.8 Å². The summed E-state index contributed by atoms with van der Waals surface area (Å²) in [6, 6.07) is 4.95. The minimum atomic E-state index is 0.255. The molecule has 1 aromatic rings. The van der Waals surface area contributed by atoms with E-state index < -0.39 is 0 Å². The predicted molar refractivity (Wildman–Crippen MR) is 62.4 cm³/mol. The largest absolute Gasteiger partial charge is 0.379 e. The number of hydrogen-bond donors (Lipinski definition) is 1. The molecule has 2 aliphatic heterocycles. The van der Waals surface area contributed by atoms with Gasteiger partial charge in [-0.1, -0.05) is 0 Å². The van der Waals surface area contributed by atoms with E-state index in [2.05, 4.69) is 22.4 Å². The molecule has 0 aromatic carbocycles. The number of pyridine rings is 1. The van der Waals surface area contributed by atoms with Crippen molar-refractivity contribution in [1.29, 1.82) is 0 Å². The molecule has 0 bridgehead atoms. The van der Waals surface area contributed by atoms with Gasteiger partial charge in [-0.2, -0.15) is 0 Å². The van der Waals surface area contributed by atoms with Crippen LogP contribution in [0.2, 0.25) is 0 Å². The van der Waals surface area contributed by atoms with Crippen LogP contribution in [-0.2, 0) is 10.2 Å². The Bertz CT molecular complexity index is 342. The summed E-state index contributed by atoms with van der Waals surface area (Å²) in [4.78, 5) is 4.09. The molecule has 0 saturated carbocycles. The van der Waals surface area contributed by atoms with Crippen LogP contribution in [0.25, 0.3) is 0 Å². The zero-order valence-electron chi connectivity index (χ0n) is 9.48. The fourth-order valence-corrected chi connectivity index (χ4v) is 2.86. The van der Waals surface area contributed by atoms with Crippen molar-refractivity contribution >= 4 is 0 Å². The van der Waals surface area contributed by atoms with E-state index in [1.807, 2.05) is 12.4 Å². The number of ether oxygens (including phenoxy) is 1. The number of nitrogens with zero attached hydrogens (tertiary/aromatic N) is 1. The Kier molecular flexibility index (Phi) is 2.65. The van der Waals surface area contributed by atoms with E-state index in [0.29, 0.717) is 6.04 Å². The lowest BCUT2D eigenvalue weighted by Gasteiger charge is -2.43. The van der Waals surface area contributed by atoms with Gasteiger partial charge in [-0.05, 0) is 43.5 Å². The van der Waals surface area contributed by atoms with Gasteiger partial charge in [-0.25, -0.2) is 0 Å². The molecule has 0 spiro atoms. The van der Waals surface area contributed by atoms with Crippen molar-refractivity contribution in [1.82, 2.24) is 10.3 Å². The van der Waals surface area contributed by atoms with Gasteiger partial charge in [-0.3, -0.25) is 4.98 Å². The Morgan fingerprint density at radius 1 is 1.38 bits per heavy atom. The highest BCUT2D eigenvalue weighted by atomic mass is 16.5. The molecule has 3 rings (SSSR count). The molecule has 3 heterocycles. The first-order valence-electron chi connectivity index (χ1n) is 6.11. The topological polar surface area (TPSA) is 34.1 Å². The van der Waals surface area contributed by atoms with Crippen LogP contribution in [0.3, 0.4) is 0 Å². The first-order chi connectivity index (χ1) is 7.89. The van der Waals surface area contributed by atoms with Crippen molar-refractivity contribution in [3.8, 4) is 0 Å². The third-order valence-corrected chi connectivity index (χ3v) is 3.85. The Labute approximate surface area is 96.2 Å². The zero-order chi connectivity index (χ0) is 10.8. The molecule has 0 radical (unpaired) electrons. The van der Waals surface area contributed by atoms with Crippen LogP contribution in [0.4, 0.5) is 0 Å². The Hall–Kier alpha value is -0.930. The molecule has 2 saturated heterocycles. The van der Waals surface area contributed by atoms with Crippen molar-refractivity contribution in [2.45, 2.75) is 30.7 Å². The van der Waals surface area contributed by atoms with Crippen LogP contribution in [-0.4, -0.2) is 30.8 Å². The Morgan fingerprint density at radius 2 is 2.19 bits per heavy atom. The van der Waals surface area contributed by atoms with E-state index in [4.69, 9.17) is 4.74 Å². The second kappa shape index (κ2) is 4.15.